The standard InChI is InChI=1S/C19H17N2O/c1-12-6-7-16(21(3)11-12)14-10-15-18(9-13(14)2)22-17-5-4-8-20-19(15)17/h4-11H,1-3H3/q+1/i1D3. The van der Waals surface area contributed by atoms with E-state index in [4.69, 9.17) is 8.53 Å². The second-order valence-corrected chi connectivity index (χ2v) is 5.53. The third kappa shape index (κ3) is 1.90. The van der Waals surface area contributed by atoms with Gasteiger partial charge in [-0.25, -0.2) is 4.57 Å². The highest BCUT2D eigenvalue weighted by molar-refractivity contribution is 6.04. The van der Waals surface area contributed by atoms with Crippen molar-refractivity contribution in [2.45, 2.75) is 13.8 Å². The lowest BCUT2D eigenvalue weighted by molar-refractivity contribution is -0.660. The van der Waals surface area contributed by atoms with Crippen LogP contribution in [0.5, 0.6) is 0 Å². The lowest BCUT2D eigenvalue weighted by Gasteiger charge is -2.05. The van der Waals surface area contributed by atoms with Gasteiger partial charge in [0.25, 0.3) is 0 Å². The van der Waals surface area contributed by atoms with Gasteiger partial charge in [-0.3, -0.25) is 4.98 Å². The lowest BCUT2D eigenvalue weighted by atomic mass is 10.0. The van der Waals surface area contributed by atoms with Crippen molar-refractivity contribution in [3.8, 4) is 11.3 Å². The van der Waals surface area contributed by atoms with Gasteiger partial charge in [-0.2, -0.15) is 0 Å². The summed E-state index contributed by atoms with van der Waals surface area (Å²) >= 11 is 0. The van der Waals surface area contributed by atoms with Crippen LogP contribution in [0.4, 0.5) is 0 Å². The Balaban J connectivity index is 1.94. The van der Waals surface area contributed by atoms with E-state index in [0.717, 1.165) is 38.9 Å². The van der Waals surface area contributed by atoms with Gasteiger partial charge in [-0.05, 0) is 49.7 Å². The summed E-state index contributed by atoms with van der Waals surface area (Å²) in [7, 11) is 1.86. The first-order chi connectivity index (χ1) is 11.8. The third-order valence-corrected chi connectivity index (χ3v) is 3.98. The second kappa shape index (κ2) is 4.67. The number of hydrogen-bond acceptors (Lipinski definition) is 2. The Bertz CT molecular complexity index is 1110. The number of aryl methyl sites for hydroxylation is 3. The lowest BCUT2D eigenvalue weighted by Crippen LogP contribution is -2.31. The zero-order chi connectivity index (χ0) is 17.8. The normalized spacial score (nSPS) is 14.0. The number of hydrogen-bond donors (Lipinski definition) is 0. The highest BCUT2D eigenvalue weighted by Gasteiger charge is 2.16. The highest BCUT2D eigenvalue weighted by atomic mass is 16.3. The molecule has 0 aliphatic carbocycles. The molecule has 0 saturated carbocycles. The van der Waals surface area contributed by atoms with Crippen LogP contribution < -0.4 is 4.57 Å². The monoisotopic (exact) mass is 292 g/mol. The molecule has 0 aliphatic heterocycles. The van der Waals surface area contributed by atoms with Crippen LogP contribution in [0, 0.1) is 13.8 Å². The molecule has 0 atom stereocenters. The molecule has 3 heterocycles. The van der Waals surface area contributed by atoms with Gasteiger partial charge in [0.2, 0.25) is 5.69 Å². The van der Waals surface area contributed by atoms with E-state index in [0.29, 0.717) is 5.56 Å². The fraction of sp³-hybridized carbons (Fsp3) is 0.158. The third-order valence-electron chi connectivity index (χ3n) is 3.98. The predicted molar refractivity (Wildman–Crippen MR) is 87.6 cm³/mol. The molecule has 0 fully saturated rings. The Kier molecular flexibility index (Phi) is 2.15. The Morgan fingerprint density at radius 2 is 2.09 bits per heavy atom. The summed E-state index contributed by atoms with van der Waals surface area (Å²) in [6.07, 6.45) is 3.42. The molecule has 3 nitrogen and oxygen atoms in total. The summed E-state index contributed by atoms with van der Waals surface area (Å²) < 4.78 is 30.4. The van der Waals surface area contributed by atoms with E-state index in [1.165, 1.54) is 0 Å². The van der Waals surface area contributed by atoms with Crippen LogP contribution in [0.25, 0.3) is 33.3 Å². The van der Waals surface area contributed by atoms with Crippen molar-refractivity contribution in [1.29, 1.82) is 0 Å². The average Bonchev–Trinajstić information content (AvgIpc) is 2.90. The van der Waals surface area contributed by atoms with Crippen LogP contribution in [-0.2, 0) is 7.05 Å². The molecule has 0 spiro atoms. The zero-order valence-corrected chi connectivity index (χ0v) is 12.4. The summed E-state index contributed by atoms with van der Waals surface area (Å²) in [6, 6.07) is 11.3. The molecule has 4 rings (SSSR count). The molecule has 22 heavy (non-hydrogen) atoms. The van der Waals surface area contributed by atoms with Gasteiger partial charge >= 0.3 is 0 Å². The first-order valence-electron chi connectivity index (χ1n) is 8.63. The summed E-state index contributed by atoms with van der Waals surface area (Å²) in [5.41, 5.74) is 5.75. The quantitative estimate of drug-likeness (QED) is 0.495. The Hall–Kier alpha value is -2.68. The number of pyridine rings is 2. The Morgan fingerprint density at radius 1 is 1.18 bits per heavy atom. The number of rotatable bonds is 1. The second-order valence-electron chi connectivity index (χ2n) is 5.53. The highest BCUT2D eigenvalue weighted by Crippen LogP contribution is 2.32. The first kappa shape index (κ1) is 10.1. The molecule has 0 bridgehead atoms. The Morgan fingerprint density at radius 3 is 2.91 bits per heavy atom. The van der Waals surface area contributed by atoms with Gasteiger partial charge in [0.05, 0.1) is 0 Å². The van der Waals surface area contributed by atoms with Gasteiger partial charge in [0.1, 0.15) is 18.1 Å². The number of benzene rings is 1. The van der Waals surface area contributed by atoms with Gasteiger partial charge in [-0.15, -0.1) is 0 Å². The largest absolute Gasteiger partial charge is 0.454 e. The molecule has 1 aromatic carbocycles. The van der Waals surface area contributed by atoms with Crippen molar-refractivity contribution >= 4 is 22.1 Å². The minimum Gasteiger partial charge on any atom is -0.454 e. The van der Waals surface area contributed by atoms with Crippen LogP contribution in [-0.4, -0.2) is 4.98 Å². The maximum absolute atomic E-state index is 7.56. The minimum absolute atomic E-state index is 0.327. The molecule has 0 saturated heterocycles. The maximum Gasteiger partial charge on any atom is 0.212 e. The van der Waals surface area contributed by atoms with E-state index in [9.17, 15) is 0 Å². The number of fused-ring (bicyclic) bond motifs is 3. The van der Waals surface area contributed by atoms with Gasteiger partial charge in [-0.1, -0.05) is 0 Å². The average molecular weight is 292 g/mol. The van der Waals surface area contributed by atoms with Crippen molar-refractivity contribution in [2.24, 2.45) is 7.05 Å². The molecule has 3 aromatic heterocycles. The van der Waals surface area contributed by atoms with Crippen molar-refractivity contribution in [1.82, 2.24) is 4.98 Å². The molecule has 0 radical (unpaired) electrons. The van der Waals surface area contributed by atoms with Gasteiger partial charge in [0.15, 0.2) is 11.8 Å². The first-order valence-corrected chi connectivity index (χ1v) is 7.13. The number of furan rings is 1. The van der Waals surface area contributed by atoms with E-state index in [1.807, 2.05) is 42.8 Å². The topological polar surface area (TPSA) is 29.9 Å². The molecule has 108 valence electrons. The van der Waals surface area contributed by atoms with Crippen LogP contribution in [0.2, 0.25) is 0 Å². The summed E-state index contributed by atoms with van der Waals surface area (Å²) in [4.78, 5) is 4.43. The van der Waals surface area contributed by atoms with E-state index in [-0.39, 0.29) is 0 Å². The van der Waals surface area contributed by atoms with Gasteiger partial charge in [0, 0.05) is 32.9 Å². The van der Waals surface area contributed by atoms with E-state index < -0.39 is 6.85 Å². The van der Waals surface area contributed by atoms with Crippen LogP contribution in [0.15, 0.2) is 53.2 Å². The molecular weight excluding hydrogens is 272 g/mol. The summed E-state index contributed by atoms with van der Waals surface area (Å²) in [5.74, 6) is 0. The van der Waals surface area contributed by atoms with Gasteiger partial charge < -0.3 is 4.42 Å². The fourth-order valence-electron chi connectivity index (χ4n) is 2.91. The Labute approximate surface area is 133 Å². The molecule has 0 aliphatic rings. The molecule has 0 unspecified atom stereocenters. The summed E-state index contributed by atoms with van der Waals surface area (Å²) in [5, 5.41) is 0.955. The SMILES string of the molecule is [2H]C([2H])([2H])c1ccc(-c2cc3c(cc2C)oc2cccnc23)[n+](C)c1. The van der Waals surface area contributed by atoms with Crippen LogP contribution in [0.3, 0.4) is 0 Å². The fourth-order valence-corrected chi connectivity index (χ4v) is 2.91. The maximum atomic E-state index is 7.56. The number of nitrogens with zero attached hydrogens (tertiary/aromatic N) is 2. The van der Waals surface area contributed by atoms with Crippen LogP contribution in [0.1, 0.15) is 15.2 Å². The smallest absolute Gasteiger partial charge is 0.212 e. The zero-order valence-electron chi connectivity index (χ0n) is 15.4. The molecule has 0 N–H and O–H groups in total. The van der Waals surface area contributed by atoms with Crippen LogP contribution >= 0.6 is 0 Å². The van der Waals surface area contributed by atoms with Crippen molar-refractivity contribution < 1.29 is 13.1 Å². The van der Waals surface area contributed by atoms with Crippen molar-refractivity contribution in [3.63, 3.8) is 0 Å². The van der Waals surface area contributed by atoms with E-state index in [1.54, 1.807) is 18.5 Å². The van der Waals surface area contributed by atoms with E-state index >= 15 is 0 Å². The molecular formula is C19H17N2O+. The van der Waals surface area contributed by atoms with Crippen molar-refractivity contribution in [2.75, 3.05) is 0 Å². The minimum atomic E-state index is -2.11. The summed E-state index contributed by atoms with van der Waals surface area (Å²) in [6.45, 7) is -0.0903. The molecule has 0 amide bonds. The number of aromatic nitrogens is 2. The van der Waals surface area contributed by atoms with Crippen molar-refractivity contribution in [3.05, 3.63) is 59.9 Å². The molecule has 4 aromatic rings. The van der Waals surface area contributed by atoms with E-state index in [2.05, 4.69) is 11.1 Å². The molecule has 3 heteroatoms. The predicted octanol–water partition coefficient (Wildman–Crippen LogP) is 4.09.